The van der Waals surface area contributed by atoms with Crippen LogP contribution < -0.4 is 10.6 Å². The van der Waals surface area contributed by atoms with Gasteiger partial charge in [0.05, 0.1) is 6.42 Å². The zero-order valence-electron chi connectivity index (χ0n) is 11.4. The van der Waals surface area contributed by atoms with Crippen molar-refractivity contribution in [2.24, 2.45) is 0 Å². The zero-order chi connectivity index (χ0) is 15.0. The molecule has 0 radical (unpaired) electrons. The largest absolute Gasteiger partial charge is 0.481 e. The molecule has 1 aromatic carbocycles. The van der Waals surface area contributed by atoms with E-state index in [1.54, 1.807) is 0 Å². The third-order valence-corrected chi connectivity index (χ3v) is 3.35. The molecular weight excluding hydrogens is 276 g/mol. The Morgan fingerprint density at radius 1 is 1.35 bits per heavy atom. The van der Waals surface area contributed by atoms with Crippen LogP contribution in [0.1, 0.15) is 17.5 Å². The molecule has 1 rings (SSSR count). The molecule has 0 saturated carbocycles. The molecule has 110 valence electrons. The number of carboxylic acid groups (broad SMARTS) is 1. The second kappa shape index (κ2) is 8.47. The maximum atomic E-state index is 11.6. The number of benzene rings is 1. The predicted molar refractivity (Wildman–Crippen MR) is 81.3 cm³/mol. The number of hydrogen-bond donors (Lipinski definition) is 4. The minimum absolute atomic E-state index is 0.0866. The molecule has 0 aliphatic heterocycles. The summed E-state index contributed by atoms with van der Waals surface area (Å²) < 4.78 is 0. The Balaban J connectivity index is 2.45. The molecular formula is C14H20N2O3S. The topological polar surface area (TPSA) is 78.4 Å². The average Bonchev–Trinajstić information content (AvgIpc) is 2.40. The summed E-state index contributed by atoms with van der Waals surface area (Å²) in [5.41, 5.74) is 2.34. The van der Waals surface area contributed by atoms with Crippen LogP contribution in [0.5, 0.6) is 0 Å². The number of aryl methyl sites for hydroxylation is 1. The maximum Gasteiger partial charge on any atom is 0.315 e. The van der Waals surface area contributed by atoms with Crippen LogP contribution in [0.15, 0.2) is 24.3 Å². The Labute approximate surface area is 124 Å². The van der Waals surface area contributed by atoms with Gasteiger partial charge in [-0.05, 0) is 24.5 Å². The van der Waals surface area contributed by atoms with Crippen molar-refractivity contribution >= 4 is 24.6 Å². The number of amides is 2. The summed E-state index contributed by atoms with van der Waals surface area (Å²) in [6.07, 6.45) is 0.610. The molecule has 0 fully saturated rings. The number of thiol groups is 1. The monoisotopic (exact) mass is 296 g/mol. The number of carbonyl (C=O) groups is 2. The smallest absolute Gasteiger partial charge is 0.315 e. The third-order valence-electron chi connectivity index (χ3n) is 2.91. The lowest BCUT2D eigenvalue weighted by Gasteiger charge is -2.18. The van der Waals surface area contributed by atoms with Crippen LogP contribution in [0.4, 0.5) is 4.79 Å². The molecule has 1 atom stereocenters. The second-order valence-corrected chi connectivity index (χ2v) is 4.92. The van der Waals surface area contributed by atoms with Gasteiger partial charge in [-0.3, -0.25) is 4.79 Å². The van der Waals surface area contributed by atoms with Gasteiger partial charge in [0.1, 0.15) is 0 Å². The van der Waals surface area contributed by atoms with Gasteiger partial charge in [0.25, 0.3) is 0 Å². The van der Waals surface area contributed by atoms with Crippen LogP contribution in [-0.2, 0) is 11.2 Å². The molecule has 0 aliphatic rings. The van der Waals surface area contributed by atoms with E-state index >= 15 is 0 Å². The lowest BCUT2D eigenvalue weighted by molar-refractivity contribution is -0.136. The number of nitrogens with one attached hydrogen (secondary N) is 2. The van der Waals surface area contributed by atoms with Crippen molar-refractivity contribution in [1.29, 1.82) is 0 Å². The van der Waals surface area contributed by atoms with Gasteiger partial charge in [0.2, 0.25) is 0 Å². The standard InChI is InChI=1S/C14H20N2O3S/c1-10-4-2-3-5-11(10)8-12(9-20)16-14(19)15-7-6-13(17)18/h2-5,12,20H,6-9H2,1H3,(H,17,18)(H2,15,16,19). The van der Waals surface area contributed by atoms with Crippen LogP contribution in [0.3, 0.4) is 0 Å². The van der Waals surface area contributed by atoms with Crippen molar-refractivity contribution in [2.45, 2.75) is 25.8 Å². The highest BCUT2D eigenvalue weighted by Crippen LogP contribution is 2.10. The Kier molecular flexibility index (Phi) is 6.93. The highest BCUT2D eigenvalue weighted by atomic mass is 32.1. The molecule has 1 aromatic rings. The molecule has 6 heteroatoms. The Morgan fingerprint density at radius 2 is 2.05 bits per heavy atom. The highest BCUT2D eigenvalue weighted by molar-refractivity contribution is 7.80. The molecule has 0 aromatic heterocycles. The first-order valence-corrected chi connectivity index (χ1v) is 7.07. The van der Waals surface area contributed by atoms with Crippen molar-refractivity contribution in [2.75, 3.05) is 12.3 Å². The van der Waals surface area contributed by atoms with Crippen LogP contribution in [0, 0.1) is 6.92 Å². The fraction of sp³-hybridized carbons (Fsp3) is 0.429. The van der Waals surface area contributed by atoms with Crippen LogP contribution in [0.2, 0.25) is 0 Å². The Hall–Kier alpha value is -1.69. The first-order chi connectivity index (χ1) is 9.52. The molecule has 5 nitrogen and oxygen atoms in total. The van der Waals surface area contributed by atoms with E-state index in [-0.39, 0.29) is 25.0 Å². The summed E-state index contributed by atoms with van der Waals surface area (Å²) >= 11 is 4.24. The van der Waals surface area contributed by atoms with E-state index in [0.717, 1.165) is 5.56 Å². The van der Waals surface area contributed by atoms with Crippen molar-refractivity contribution in [3.05, 3.63) is 35.4 Å². The molecule has 1 unspecified atom stereocenters. The third kappa shape index (κ3) is 5.97. The van der Waals surface area contributed by atoms with Crippen LogP contribution in [0.25, 0.3) is 0 Å². The lowest BCUT2D eigenvalue weighted by atomic mass is 10.0. The number of carboxylic acids is 1. The number of aliphatic carboxylic acids is 1. The van der Waals surface area contributed by atoms with Crippen LogP contribution in [-0.4, -0.2) is 35.4 Å². The van der Waals surface area contributed by atoms with Crippen molar-refractivity contribution < 1.29 is 14.7 Å². The first kappa shape index (κ1) is 16.4. The van der Waals surface area contributed by atoms with Gasteiger partial charge in [0, 0.05) is 18.3 Å². The normalized spacial score (nSPS) is 11.7. The molecule has 0 aliphatic carbocycles. The van der Waals surface area contributed by atoms with Gasteiger partial charge >= 0.3 is 12.0 Å². The van der Waals surface area contributed by atoms with E-state index in [1.165, 1.54) is 5.56 Å². The minimum Gasteiger partial charge on any atom is -0.481 e. The summed E-state index contributed by atoms with van der Waals surface area (Å²) in [4.78, 5) is 22.0. The SMILES string of the molecule is Cc1ccccc1CC(CS)NC(=O)NCCC(=O)O. The molecule has 3 N–H and O–H groups in total. The molecule has 0 bridgehead atoms. The van der Waals surface area contributed by atoms with Gasteiger partial charge in [-0.15, -0.1) is 0 Å². The van der Waals surface area contributed by atoms with Gasteiger partial charge in [-0.2, -0.15) is 12.6 Å². The zero-order valence-corrected chi connectivity index (χ0v) is 12.3. The Bertz CT molecular complexity index is 465. The number of hydrogen-bond acceptors (Lipinski definition) is 3. The number of rotatable bonds is 7. The second-order valence-electron chi connectivity index (χ2n) is 4.55. The van der Waals surface area contributed by atoms with E-state index in [4.69, 9.17) is 5.11 Å². The Morgan fingerprint density at radius 3 is 2.65 bits per heavy atom. The maximum absolute atomic E-state index is 11.6. The van der Waals surface area contributed by atoms with E-state index in [9.17, 15) is 9.59 Å². The summed E-state index contributed by atoms with van der Waals surface area (Å²) in [5.74, 6) is -0.420. The van der Waals surface area contributed by atoms with Crippen molar-refractivity contribution in [3.63, 3.8) is 0 Å². The van der Waals surface area contributed by atoms with Crippen molar-refractivity contribution in [1.82, 2.24) is 10.6 Å². The number of carbonyl (C=O) groups excluding carboxylic acids is 1. The highest BCUT2D eigenvalue weighted by Gasteiger charge is 2.12. The molecule has 0 saturated heterocycles. The van der Waals surface area contributed by atoms with E-state index in [0.29, 0.717) is 12.2 Å². The molecule has 20 heavy (non-hydrogen) atoms. The molecule has 2 amide bonds. The van der Waals surface area contributed by atoms with Crippen LogP contribution >= 0.6 is 12.6 Å². The average molecular weight is 296 g/mol. The molecule has 0 spiro atoms. The van der Waals surface area contributed by atoms with Crippen molar-refractivity contribution in [3.8, 4) is 0 Å². The van der Waals surface area contributed by atoms with Gasteiger partial charge in [-0.1, -0.05) is 24.3 Å². The fourth-order valence-electron chi connectivity index (χ4n) is 1.79. The van der Waals surface area contributed by atoms with E-state index in [1.807, 2.05) is 31.2 Å². The number of urea groups is 1. The summed E-state index contributed by atoms with van der Waals surface area (Å²) in [6, 6.07) is 7.53. The summed E-state index contributed by atoms with van der Waals surface area (Å²) in [6.45, 7) is 2.14. The predicted octanol–water partition coefficient (Wildman–Crippen LogP) is 1.61. The van der Waals surface area contributed by atoms with Gasteiger partial charge < -0.3 is 15.7 Å². The lowest BCUT2D eigenvalue weighted by Crippen LogP contribution is -2.44. The summed E-state index contributed by atoms with van der Waals surface area (Å²) in [5, 5.41) is 13.8. The fourth-order valence-corrected chi connectivity index (χ4v) is 2.01. The van der Waals surface area contributed by atoms with E-state index < -0.39 is 5.97 Å². The van der Waals surface area contributed by atoms with Gasteiger partial charge in [-0.25, -0.2) is 4.79 Å². The van der Waals surface area contributed by atoms with Gasteiger partial charge in [0.15, 0.2) is 0 Å². The first-order valence-electron chi connectivity index (χ1n) is 6.44. The quantitative estimate of drug-likeness (QED) is 0.577. The minimum atomic E-state index is -0.934. The van der Waals surface area contributed by atoms with E-state index in [2.05, 4.69) is 23.3 Å². The molecule has 0 heterocycles. The summed E-state index contributed by atoms with van der Waals surface area (Å²) in [7, 11) is 0.